The Bertz CT molecular complexity index is 608. The second-order valence-electron chi connectivity index (χ2n) is 7.75. The number of nitrogens with zero attached hydrogens (tertiary/aromatic N) is 1. The van der Waals surface area contributed by atoms with Crippen LogP contribution in [0.4, 0.5) is 0 Å². The first-order valence-electron chi connectivity index (χ1n) is 9.36. The number of aliphatic hydroxyl groups excluding tert-OH is 1. The van der Waals surface area contributed by atoms with Gasteiger partial charge in [0, 0.05) is 6.04 Å². The van der Waals surface area contributed by atoms with E-state index in [1.807, 2.05) is 13.8 Å². The van der Waals surface area contributed by atoms with Crippen molar-refractivity contribution in [2.24, 2.45) is 11.8 Å². The predicted molar refractivity (Wildman–Crippen MR) is 90.9 cm³/mol. The molecule has 8 heteroatoms. The Balaban J connectivity index is 2.02. The van der Waals surface area contributed by atoms with Crippen LogP contribution >= 0.6 is 0 Å². The van der Waals surface area contributed by atoms with Crippen molar-refractivity contribution in [3.63, 3.8) is 0 Å². The molecule has 8 nitrogen and oxygen atoms in total. The fourth-order valence-electron chi connectivity index (χ4n) is 4.82. The van der Waals surface area contributed by atoms with E-state index in [1.165, 1.54) is 4.90 Å². The average molecular weight is 368 g/mol. The molecule has 0 saturated carbocycles. The van der Waals surface area contributed by atoms with Crippen LogP contribution in [0.3, 0.4) is 0 Å². The highest BCUT2D eigenvalue weighted by Crippen LogP contribution is 2.58. The van der Waals surface area contributed by atoms with Crippen LogP contribution in [0.2, 0.25) is 0 Å². The van der Waals surface area contributed by atoms with Gasteiger partial charge in [-0.25, -0.2) is 0 Å². The maximum absolute atomic E-state index is 13.2. The molecule has 3 aliphatic heterocycles. The number of hydrogen-bond acceptors (Lipinski definition) is 6. The van der Waals surface area contributed by atoms with Gasteiger partial charge >= 0.3 is 5.97 Å². The minimum Gasteiger partial charge on any atom is -0.466 e. The summed E-state index contributed by atoms with van der Waals surface area (Å²) in [5, 5.41) is 12.5. The molecular formula is C18H28N2O6. The first kappa shape index (κ1) is 19.1. The molecule has 3 rings (SSSR count). The van der Waals surface area contributed by atoms with E-state index < -0.39 is 41.6 Å². The van der Waals surface area contributed by atoms with Gasteiger partial charge in [0.25, 0.3) is 0 Å². The van der Waals surface area contributed by atoms with Gasteiger partial charge in [0.05, 0.1) is 37.2 Å². The Hall–Kier alpha value is -1.67. The molecular weight excluding hydrogens is 340 g/mol. The van der Waals surface area contributed by atoms with Crippen LogP contribution in [0.1, 0.15) is 40.5 Å². The zero-order valence-electron chi connectivity index (χ0n) is 15.7. The lowest BCUT2D eigenvalue weighted by atomic mass is 9.70. The third-order valence-electron chi connectivity index (χ3n) is 5.72. The molecule has 0 aromatic rings. The fourth-order valence-corrected chi connectivity index (χ4v) is 4.82. The average Bonchev–Trinajstić information content (AvgIpc) is 3.21. The molecule has 0 aromatic heterocycles. The molecule has 6 atom stereocenters. The summed E-state index contributed by atoms with van der Waals surface area (Å²) >= 11 is 0. The Labute approximate surface area is 153 Å². The molecule has 0 aliphatic carbocycles. The molecule has 2 bridgehead atoms. The number of rotatable bonds is 6. The Kier molecular flexibility index (Phi) is 5.00. The molecule has 3 heterocycles. The van der Waals surface area contributed by atoms with E-state index >= 15 is 0 Å². The van der Waals surface area contributed by atoms with Crippen molar-refractivity contribution in [3.8, 4) is 0 Å². The van der Waals surface area contributed by atoms with Gasteiger partial charge in [-0.3, -0.25) is 14.4 Å². The summed E-state index contributed by atoms with van der Waals surface area (Å²) < 4.78 is 11.3. The zero-order valence-corrected chi connectivity index (χ0v) is 15.7. The fraction of sp³-hybridized carbons (Fsp3) is 0.833. The molecule has 0 radical (unpaired) electrons. The van der Waals surface area contributed by atoms with Crippen molar-refractivity contribution in [1.82, 2.24) is 10.2 Å². The van der Waals surface area contributed by atoms with Gasteiger partial charge in [-0.15, -0.1) is 0 Å². The molecule has 1 spiro atoms. The maximum atomic E-state index is 13.2. The summed E-state index contributed by atoms with van der Waals surface area (Å²) in [6.45, 7) is 7.06. The number of carbonyl (C=O) groups is 3. The van der Waals surface area contributed by atoms with Gasteiger partial charge in [-0.05, 0) is 40.5 Å². The molecule has 3 saturated heterocycles. The number of esters is 1. The quantitative estimate of drug-likeness (QED) is 0.631. The predicted octanol–water partition coefficient (Wildman–Crippen LogP) is -0.170. The molecule has 146 valence electrons. The molecule has 3 aliphatic rings. The summed E-state index contributed by atoms with van der Waals surface area (Å²) in [4.78, 5) is 40.1. The second kappa shape index (κ2) is 6.81. The smallest absolute Gasteiger partial charge is 0.312 e. The van der Waals surface area contributed by atoms with Crippen LogP contribution in [0.15, 0.2) is 0 Å². The number of aliphatic hydroxyl groups is 1. The highest BCUT2D eigenvalue weighted by molar-refractivity contribution is 5.98. The molecule has 2 amide bonds. The first-order chi connectivity index (χ1) is 12.3. The van der Waals surface area contributed by atoms with Crippen molar-refractivity contribution in [2.45, 2.75) is 70.4 Å². The van der Waals surface area contributed by atoms with E-state index in [-0.39, 0.29) is 31.1 Å². The molecule has 3 fully saturated rings. The molecule has 0 unspecified atom stereocenters. The Morgan fingerprint density at radius 3 is 2.69 bits per heavy atom. The summed E-state index contributed by atoms with van der Waals surface area (Å²) in [6, 6.07) is -1.50. The summed E-state index contributed by atoms with van der Waals surface area (Å²) in [6.07, 6.45) is 0.749. The van der Waals surface area contributed by atoms with E-state index in [2.05, 4.69) is 5.32 Å². The van der Waals surface area contributed by atoms with E-state index in [9.17, 15) is 19.5 Å². The number of hydrogen-bond donors (Lipinski definition) is 2. The summed E-state index contributed by atoms with van der Waals surface area (Å²) in [5.41, 5.74) is -1.03. The van der Waals surface area contributed by atoms with E-state index in [0.29, 0.717) is 12.8 Å². The van der Waals surface area contributed by atoms with Gasteiger partial charge in [0.15, 0.2) is 0 Å². The molecule has 2 N–H and O–H groups in total. The van der Waals surface area contributed by atoms with Crippen LogP contribution < -0.4 is 5.32 Å². The van der Waals surface area contributed by atoms with E-state index in [0.717, 1.165) is 0 Å². The zero-order chi connectivity index (χ0) is 19.2. The van der Waals surface area contributed by atoms with Crippen molar-refractivity contribution >= 4 is 17.8 Å². The minimum absolute atomic E-state index is 0.0983. The number of likely N-dealkylation sites (tertiary alicyclic amines) is 1. The van der Waals surface area contributed by atoms with Crippen LogP contribution in [-0.4, -0.2) is 70.8 Å². The number of nitrogens with one attached hydrogen (secondary N) is 1. The lowest BCUT2D eigenvalue weighted by Gasteiger charge is -2.35. The topological polar surface area (TPSA) is 105 Å². The second-order valence-corrected chi connectivity index (χ2v) is 7.75. The molecule has 0 aromatic carbocycles. The van der Waals surface area contributed by atoms with Crippen LogP contribution in [0.5, 0.6) is 0 Å². The van der Waals surface area contributed by atoms with Crippen LogP contribution in [0, 0.1) is 11.8 Å². The lowest BCUT2D eigenvalue weighted by Crippen LogP contribution is -2.58. The Morgan fingerprint density at radius 1 is 1.42 bits per heavy atom. The maximum Gasteiger partial charge on any atom is 0.312 e. The van der Waals surface area contributed by atoms with Gasteiger partial charge in [0.1, 0.15) is 11.6 Å². The SMILES string of the molecule is CCOC(=O)[C@@H]1[C@@H]2CC[C@]3(O2)[C@H](C(=O)NC(C)C)N([C@H](C)CO)C(=O)[C@@H]13. The number of fused-ring (bicyclic) bond motifs is 1. The van der Waals surface area contributed by atoms with Gasteiger partial charge in [0.2, 0.25) is 11.8 Å². The largest absolute Gasteiger partial charge is 0.466 e. The third kappa shape index (κ3) is 2.62. The minimum atomic E-state index is -1.03. The molecule has 26 heavy (non-hydrogen) atoms. The van der Waals surface area contributed by atoms with Gasteiger partial charge in [-0.2, -0.15) is 0 Å². The van der Waals surface area contributed by atoms with Crippen molar-refractivity contribution in [3.05, 3.63) is 0 Å². The monoisotopic (exact) mass is 368 g/mol. The lowest BCUT2D eigenvalue weighted by molar-refractivity contribution is -0.155. The van der Waals surface area contributed by atoms with Crippen LogP contribution in [0.25, 0.3) is 0 Å². The standard InChI is InChI=1S/C18H28N2O6/c1-5-25-17(24)12-11-6-7-18(26-11)13(12)16(23)20(10(4)8-21)14(18)15(22)19-9(2)3/h9-14,21H,5-8H2,1-4H3,(H,19,22)/t10-,11+,12-,13-,14+,18-/m1/s1. The Morgan fingerprint density at radius 2 is 2.12 bits per heavy atom. The van der Waals surface area contributed by atoms with E-state index in [1.54, 1.807) is 13.8 Å². The summed E-state index contributed by atoms with van der Waals surface area (Å²) in [5.74, 6) is -2.49. The normalized spacial score (nSPS) is 36.4. The van der Waals surface area contributed by atoms with Crippen LogP contribution in [-0.2, 0) is 23.9 Å². The van der Waals surface area contributed by atoms with Crippen molar-refractivity contribution < 1.29 is 29.0 Å². The van der Waals surface area contributed by atoms with Crippen molar-refractivity contribution in [1.29, 1.82) is 0 Å². The number of amides is 2. The summed E-state index contributed by atoms with van der Waals surface area (Å²) in [7, 11) is 0. The highest BCUT2D eigenvalue weighted by atomic mass is 16.6. The number of ether oxygens (including phenoxy) is 2. The third-order valence-corrected chi connectivity index (χ3v) is 5.72. The highest BCUT2D eigenvalue weighted by Gasteiger charge is 2.75. The van der Waals surface area contributed by atoms with Gasteiger partial charge < -0.3 is 24.8 Å². The van der Waals surface area contributed by atoms with E-state index in [4.69, 9.17) is 9.47 Å². The first-order valence-corrected chi connectivity index (χ1v) is 9.36. The van der Waals surface area contributed by atoms with Gasteiger partial charge in [-0.1, -0.05) is 0 Å². The number of carbonyl (C=O) groups excluding carboxylic acids is 3. The van der Waals surface area contributed by atoms with Crippen molar-refractivity contribution in [2.75, 3.05) is 13.2 Å².